The van der Waals surface area contributed by atoms with Crippen LogP contribution in [0.15, 0.2) is 24.3 Å². The van der Waals surface area contributed by atoms with E-state index >= 15 is 0 Å². The lowest BCUT2D eigenvalue weighted by Crippen LogP contribution is -2.10. The lowest BCUT2D eigenvalue weighted by molar-refractivity contribution is 0.328. The summed E-state index contributed by atoms with van der Waals surface area (Å²) in [4.78, 5) is 4.37. The summed E-state index contributed by atoms with van der Waals surface area (Å²) in [5, 5.41) is 4.33. The number of aromatic nitrogens is 3. The first-order chi connectivity index (χ1) is 8.20. The SMILES string of the molecule is Cc1nc(-c2cccc(OCCN)c2)nn1C. The van der Waals surface area contributed by atoms with Crippen LogP contribution in [0.25, 0.3) is 11.4 Å². The third-order valence-corrected chi connectivity index (χ3v) is 2.46. The van der Waals surface area contributed by atoms with Crippen LogP contribution in [0.5, 0.6) is 5.75 Å². The fourth-order valence-electron chi connectivity index (χ4n) is 1.49. The Kier molecular flexibility index (Phi) is 3.39. The molecule has 5 nitrogen and oxygen atoms in total. The first-order valence-electron chi connectivity index (χ1n) is 5.51. The monoisotopic (exact) mass is 232 g/mol. The maximum Gasteiger partial charge on any atom is 0.181 e. The number of rotatable bonds is 4. The van der Waals surface area contributed by atoms with Crippen LogP contribution < -0.4 is 10.5 Å². The molecule has 0 bridgehead atoms. The largest absolute Gasteiger partial charge is 0.492 e. The van der Waals surface area contributed by atoms with Crippen LogP contribution in [0, 0.1) is 6.92 Å². The molecule has 0 radical (unpaired) electrons. The summed E-state index contributed by atoms with van der Waals surface area (Å²) >= 11 is 0. The van der Waals surface area contributed by atoms with Crippen LogP contribution in [0.2, 0.25) is 0 Å². The molecular weight excluding hydrogens is 216 g/mol. The van der Waals surface area contributed by atoms with Gasteiger partial charge in [0.05, 0.1) is 0 Å². The molecule has 0 aliphatic rings. The van der Waals surface area contributed by atoms with E-state index in [9.17, 15) is 0 Å². The lowest BCUT2D eigenvalue weighted by Gasteiger charge is -2.04. The number of ether oxygens (including phenoxy) is 1. The Morgan fingerprint density at radius 1 is 1.41 bits per heavy atom. The number of aryl methyl sites for hydroxylation is 2. The maximum atomic E-state index is 5.47. The van der Waals surface area contributed by atoms with Crippen molar-refractivity contribution in [1.29, 1.82) is 0 Å². The molecule has 90 valence electrons. The molecule has 1 aromatic carbocycles. The van der Waals surface area contributed by atoms with Gasteiger partial charge in [0.1, 0.15) is 18.2 Å². The Hall–Kier alpha value is -1.88. The molecule has 0 spiro atoms. The Morgan fingerprint density at radius 2 is 2.24 bits per heavy atom. The molecule has 0 amide bonds. The van der Waals surface area contributed by atoms with Crippen molar-refractivity contribution in [1.82, 2.24) is 14.8 Å². The van der Waals surface area contributed by atoms with E-state index in [-0.39, 0.29) is 0 Å². The summed E-state index contributed by atoms with van der Waals surface area (Å²) < 4.78 is 7.22. The fourth-order valence-corrected chi connectivity index (χ4v) is 1.49. The van der Waals surface area contributed by atoms with Crippen molar-refractivity contribution in [3.8, 4) is 17.1 Å². The van der Waals surface area contributed by atoms with Crippen LogP contribution in [0.3, 0.4) is 0 Å². The van der Waals surface area contributed by atoms with Gasteiger partial charge >= 0.3 is 0 Å². The van der Waals surface area contributed by atoms with E-state index in [4.69, 9.17) is 10.5 Å². The number of hydrogen-bond donors (Lipinski definition) is 1. The zero-order valence-corrected chi connectivity index (χ0v) is 10.1. The van der Waals surface area contributed by atoms with Gasteiger partial charge in [-0.15, -0.1) is 0 Å². The molecule has 17 heavy (non-hydrogen) atoms. The van der Waals surface area contributed by atoms with E-state index in [1.807, 2.05) is 38.2 Å². The van der Waals surface area contributed by atoms with Gasteiger partial charge in [0, 0.05) is 19.2 Å². The molecule has 5 heteroatoms. The van der Waals surface area contributed by atoms with Gasteiger partial charge < -0.3 is 10.5 Å². The van der Waals surface area contributed by atoms with Gasteiger partial charge in [-0.3, -0.25) is 4.68 Å². The van der Waals surface area contributed by atoms with Crippen molar-refractivity contribution in [2.24, 2.45) is 12.8 Å². The molecule has 0 aliphatic heterocycles. The zero-order valence-electron chi connectivity index (χ0n) is 10.1. The Labute approximate surface area is 100 Å². The lowest BCUT2D eigenvalue weighted by atomic mass is 10.2. The van der Waals surface area contributed by atoms with Crippen molar-refractivity contribution in [2.45, 2.75) is 6.92 Å². The Balaban J connectivity index is 2.26. The molecular formula is C12H16N4O. The predicted molar refractivity (Wildman–Crippen MR) is 65.7 cm³/mol. The molecule has 0 saturated heterocycles. The van der Waals surface area contributed by atoms with Gasteiger partial charge in [-0.25, -0.2) is 4.98 Å². The minimum absolute atomic E-state index is 0.505. The predicted octanol–water partition coefficient (Wildman–Crippen LogP) is 1.13. The molecule has 2 N–H and O–H groups in total. The van der Waals surface area contributed by atoms with Crippen molar-refractivity contribution in [3.05, 3.63) is 30.1 Å². The molecule has 1 heterocycles. The second-order valence-corrected chi connectivity index (χ2v) is 3.77. The van der Waals surface area contributed by atoms with Crippen LogP contribution in [0.1, 0.15) is 5.82 Å². The van der Waals surface area contributed by atoms with Crippen LogP contribution in [0.4, 0.5) is 0 Å². The van der Waals surface area contributed by atoms with Crippen LogP contribution in [-0.4, -0.2) is 27.9 Å². The Morgan fingerprint density at radius 3 is 2.88 bits per heavy atom. The van der Waals surface area contributed by atoms with Crippen molar-refractivity contribution >= 4 is 0 Å². The van der Waals surface area contributed by atoms with Crippen molar-refractivity contribution in [2.75, 3.05) is 13.2 Å². The van der Waals surface area contributed by atoms with E-state index in [1.54, 1.807) is 4.68 Å². The smallest absolute Gasteiger partial charge is 0.181 e. The second kappa shape index (κ2) is 4.97. The van der Waals surface area contributed by atoms with E-state index < -0.39 is 0 Å². The first-order valence-corrected chi connectivity index (χ1v) is 5.51. The highest BCUT2D eigenvalue weighted by molar-refractivity contribution is 5.57. The summed E-state index contributed by atoms with van der Waals surface area (Å²) in [6.07, 6.45) is 0. The summed E-state index contributed by atoms with van der Waals surface area (Å²) in [7, 11) is 1.88. The number of hydrogen-bond acceptors (Lipinski definition) is 4. The minimum Gasteiger partial charge on any atom is -0.492 e. The summed E-state index contributed by atoms with van der Waals surface area (Å²) in [5.74, 6) is 2.38. The topological polar surface area (TPSA) is 66.0 Å². The van der Waals surface area contributed by atoms with Crippen LogP contribution >= 0.6 is 0 Å². The standard InChI is InChI=1S/C12H16N4O/c1-9-14-12(15-16(9)2)10-4-3-5-11(8-10)17-7-6-13/h3-5,8H,6-7,13H2,1-2H3. The van der Waals surface area contributed by atoms with E-state index in [0.29, 0.717) is 19.0 Å². The van der Waals surface area contributed by atoms with Crippen molar-refractivity contribution < 1.29 is 4.74 Å². The summed E-state index contributed by atoms with van der Waals surface area (Å²) in [6, 6.07) is 7.70. The molecule has 2 aromatic rings. The molecule has 0 unspecified atom stereocenters. The number of nitrogens with two attached hydrogens (primary N) is 1. The average Bonchev–Trinajstić information content (AvgIpc) is 2.68. The third kappa shape index (κ3) is 2.62. The van der Waals surface area contributed by atoms with E-state index in [0.717, 1.165) is 17.1 Å². The summed E-state index contributed by atoms with van der Waals surface area (Å²) in [6.45, 7) is 2.94. The van der Waals surface area contributed by atoms with Gasteiger partial charge in [0.2, 0.25) is 0 Å². The Bertz CT molecular complexity index is 487. The quantitative estimate of drug-likeness (QED) is 0.858. The molecule has 0 atom stereocenters. The van der Waals surface area contributed by atoms with Gasteiger partial charge in [-0.2, -0.15) is 5.10 Å². The number of benzene rings is 1. The normalized spacial score (nSPS) is 10.5. The fraction of sp³-hybridized carbons (Fsp3) is 0.333. The second-order valence-electron chi connectivity index (χ2n) is 3.77. The van der Waals surface area contributed by atoms with Gasteiger partial charge in [-0.05, 0) is 19.1 Å². The first kappa shape index (κ1) is 11.6. The molecule has 0 fully saturated rings. The minimum atomic E-state index is 0.505. The maximum absolute atomic E-state index is 5.47. The molecule has 2 rings (SSSR count). The molecule has 0 aliphatic carbocycles. The highest BCUT2D eigenvalue weighted by atomic mass is 16.5. The average molecular weight is 232 g/mol. The third-order valence-electron chi connectivity index (χ3n) is 2.46. The van der Waals surface area contributed by atoms with Crippen LogP contribution in [-0.2, 0) is 7.05 Å². The highest BCUT2D eigenvalue weighted by Gasteiger charge is 2.06. The van der Waals surface area contributed by atoms with Gasteiger partial charge in [0.15, 0.2) is 5.82 Å². The molecule has 1 aromatic heterocycles. The van der Waals surface area contributed by atoms with E-state index in [1.165, 1.54) is 0 Å². The zero-order chi connectivity index (χ0) is 12.3. The summed E-state index contributed by atoms with van der Waals surface area (Å²) in [5.41, 5.74) is 6.34. The van der Waals surface area contributed by atoms with Gasteiger partial charge in [-0.1, -0.05) is 12.1 Å². The van der Waals surface area contributed by atoms with Gasteiger partial charge in [0.25, 0.3) is 0 Å². The molecule has 0 saturated carbocycles. The number of nitrogens with zero attached hydrogens (tertiary/aromatic N) is 3. The van der Waals surface area contributed by atoms with Crippen molar-refractivity contribution in [3.63, 3.8) is 0 Å². The van der Waals surface area contributed by atoms with E-state index in [2.05, 4.69) is 10.1 Å². The highest BCUT2D eigenvalue weighted by Crippen LogP contribution is 2.21.